The number of benzene rings is 2. The predicted molar refractivity (Wildman–Crippen MR) is 122 cm³/mol. The Hall–Kier alpha value is -2.09. The van der Waals surface area contributed by atoms with Crippen LogP contribution < -0.4 is 11.1 Å². The molecule has 2 aromatic carbocycles. The van der Waals surface area contributed by atoms with Crippen molar-refractivity contribution >= 4 is 27.5 Å². The van der Waals surface area contributed by atoms with Gasteiger partial charge in [-0.25, -0.2) is 13.2 Å². The molecule has 0 spiro atoms. The number of ether oxygens (including phenoxy) is 1. The SMILES string of the molecule is CCc1ccc([C@@H]2[C@@H](S(=O)(=O)c3ccc(Cl)cc3)[C@]2(CN)NC(=O)OC(C)(C)C)cc1. The Morgan fingerprint density at radius 1 is 1.13 bits per heavy atom. The number of carbonyl (C=O) groups excluding carboxylic acids is 1. The highest BCUT2D eigenvalue weighted by molar-refractivity contribution is 7.92. The van der Waals surface area contributed by atoms with E-state index < -0.39 is 38.2 Å². The van der Waals surface area contributed by atoms with E-state index in [4.69, 9.17) is 22.1 Å². The molecule has 168 valence electrons. The fourth-order valence-corrected chi connectivity index (χ4v) is 6.47. The van der Waals surface area contributed by atoms with Crippen molar-refractivity contribution in [2.24, 2.45) is 5.73 Å². The molecule has 2 aromatic rings. The number of aryl methyl sites for hydroxylation is 1. The summed E-state index contributed by atoms with van der Waals surface area (Å²) in [5, 5.41) is 2.31. The van der Waals surface area contributed by atoms with Crippen LogP contribution in [-0.4, -0.2) is 37.4 Å². The van der Waals surface area contributed by atoms with Gasteiger partial charge in [0.05, 0.1) is 10.4 Å². The van der Waals surface area contributed by atoms with Gasteiger partial charge in [-0.15, -0.1) is 0 Å². The van der Waals surface area contributed by atoms with E-state index in [1.54, 1.807) is 20.8 Å². The van der Waals surface area contributed by atoms with Crippen molar-refractivity contribution in [1.82, 2.24) is 5.32 Å². The van der Waals surface area contributed by atoms with Crippen molar-refractivity contribution in [3.63, 3.8) is 0 Å². The van der Waals surface area contributed by atoms with Gasteiger partial charge < -0.3 is 15.8 Å². The molecule has 0 saturated heterocycles. The van der Waals surface area contributed by atoms with Gasteiger partial charge in [0.1, 0.15) is 10.9 Å². The number of rotatable bonds is 6. The largest absolute Gasteiger partial charge is 0.444 e. The number of nitrogens with one attached hydrogen (secondary N) is 1. The highest BCUT2D eigenvalue weighted by Crippen LogP contribution is 2.57. The van der Waals surface area contributed by atoms with Crippen LogP contribution in [0.1, 0.15) is 44.7 Å². The normalized spacial score (nSPS) is 23.3. The van der Waals surface area contributed by atoms with Crippen molar-refractivity contribution in [2.45, 2.75) is 61.3 Å². The fourth-order valence-electron chi connectivity index (χ4n) is 4.00. The van der Waals surface area contributed by atoms with Crippen LogP contribution in [0.5, 0.6) is 0 Å². The van der Waals surface area contributed by atoms with E-state index in [0.717, 1.165) is 17.5 Å². The van der Waals surface area contributed by atoms with Crippen LogP contribution in [0.3, 0.4) is 0 Å². The molecule has 1 saturated carbocycles. The third kappa shape index (κ3) is 4.73. The monoisotopic (exact) mass is 464 g/mol. The van der Waals surface area contributed by atoms with Crippen molar-refractivity contribution in [1.29, 1.82) is 0 Å². The topological polar surface area (TPSA) is 98.5 Å². The van der Waals surface area contributed by atoms with Gasteiger partial charge >= 0.3 is 6.09 Å². The number of alkyl carbamates (subject to hydrolysis) is 1. The van der Waals surface area contributed by atoms with E-state index in [2.05, 4.69) is 5.32 Å². The number of nitrogens with two attached hydrogens (primary N) is 1. The first-order valence-electron chi connectivity index (χ1n) is 10.2. The van der Waals surface area contributed by atoms with Crippen molar-refractivity contribution < 1.29 is 17.9 Å². The molecule has 0 heterocycles. The summed E-state index contributed by atoms with van der Waals surface area (Å²) in [6.45, 7) is 7.24. The zero-order valence-electron chi connectivity index (χ0n) is 18.2. The number of carbonyl (C=O) groups is 1. The minimum absolute atomic E-state index is 0.0517. The first-order chi connectivity index (χ1) is 14.4. The van der Waals surface area contributed by atoms with E-state index in [0.29, 0.717) is 5.02 Å². The van der Waals surface area contributed by atoms with Crippen LogP contribution in [0.2, 0.25) is 5.02 Å². The average Bonchev–Trinajstić information content (AvgIpc) is 3.36. The number of hydrogen-bond donors (Lipinski definition) is 2. The molecule has 0 aliphatic heterocycles. The number of sulfone groups is 1. The zero-order chi connectivity index (χ0) is 23.0. The zero-order valence-corrected chi connectivity index (χ0v) is 19.8. The molecule has 8 heteroatoms. The second-order valence-corrected chi connectivity index (χ2v) is 11.4. The summed E-state index contributed by atoms with van der Waals surface area (Å²) in [6.07, 6.45) is 0.178. The van der Waals surface area contributed by atoms with Crippen LogP contribution in [0.25, 0.3) is 0 Å². The second-order valence-electron chi connectivity index (χ2n) is 8.86. The maximum Gasteiger partial charge on any atom is 0.408 e. The van der Waals surface area contributed by atoms with E-state index in [9.17, 15) is 13.2 Å². The summed E-state index contributed by atoms with van der Waals surface area (Å²) in [5.74, 6) is -0.503. The van der Waals surface area contributed by atoms with Crippen molar-refractivity contribution in [3.8, 4) is 0 Å². The quantitative estimate of drug-likeness (QED) is 0.671. The Morgan fingerprint density at radius 2 is 1.71 bits per heavy atom. The molecule has 6 nitrogen and oxygen atoms in total. The Morgan fingerprint density at radius 3 is 2.19 bits per heavy atom. The van der Waals surface area contributed by atoms with Crippen molar-refractivity contribution in [3.05, 3.63) is 64.7 Å². The van der Waals surface area contributed by atoms with Crippen LogP contribution in [-0.2, 0) is 21.0 Å². The van der Waals surface area contributed by atoms with Crippen LogP contribution in [0.15, 0.2) is 53.4 Å². The molecule has 0 bridgehead atoms. The molecule has 1 amide bonds. The van der Waals surface area contributed by atoms with E-state index in [1.165, 1.54) is 24.3 Å². The molecule has 31 heavy (non-hydrogen) atoms. The molecule has 1 fully saturated rings. The lowest BCUT2D eigenvalue weighted by molar-refractivity contribution is 0.0497. The number of amides is 1. The Labute approximate surface area is 189 Å². The lowest BCUT2D eigenvalue weighted by Crippen LogP contribution is -2.49. The third-order valence-corrected chi connectivity index (χ3v) is 8.09. The summed E-state index contributed by atoms with van der Waals surface area (Å²) in [4.78, 5) is 12.7. The molecule has 1 aliphatic carbocycles. The summed E-state index contributed by atoms with van der Waals surface area (Å²) in [5.41, 5.74) is 6.15. The molecule has 0 aromatic heterocycles. The van der Waals surface area contributed by atoms with Crippen LogP contribution in [0, 0.1) is 0 Å². The molecule has 0 unspecified atom stereocenters. The highest BCUT2D eigenvalue weighted by atomic mass is 35.5. The van der Waals surface area contributed by atoms with Gasteiger partial charge in [-0.2, -0.15) is 0 Å². The highest BCUT2D eigenvalue weighted by Gasteiger charge is 2.71. The van der Waals surface area contributed by atoms with E-state index in [1.807, 2.05) is 31.2 Å². The molecule has 0 radical (unpaired) electrons. The number of halogens is 1. The minimum Gasteiger partial charge on any atom is -0.444 e. The van der Waals surface area contributed by atoms with Gasteiger partial charge in [-0.05, 0) is 62.6 Å². The van der Waals surface area contributed by atoms with Gasteiger partial charge in [0.2, 0.25) is 0 Å². The molecule has 1 aliphatic rings. The van der Waals surface area contributed by atoms with Gasteiger partial charge in [0, 0.05) is 17.5 Å². The first-order valence-corrected chi connectivity index (χ1v) is 12.2. The fraction of sp³-hybridized carbons (Fsp3) is 0.435. The predicted octanol–water partition coefficient (Wildman–Crippen LogP) is 4.06. The Bertz CT molecular complexity index is 1050. The lowest BCUT2D eigenvalue weighted by atomic mass is 10.0. The van der Waals surface area contributed by atoms with Gasteiger partial charge in [0.15, 0.2) is 9.84 Å². The number of hydrogen-bond acceptors (Lipinski definition) is 5. The van der Waals surface area contributed by atoms with Gasteiger partial charge in [0.25, 0.3) is 0 Å². The third-order valence-electron chi connectivity index (χ3n) is 5.55. The van der Waals surface area contributed by atoms with Gasteiger partial charge in [-0.1, -0.05) is 42.8 Å². The summed E-state index contributed by atoms with van der Waals surface area (Å²) < 4.78 is 32.5. The molecular weight excluding hydrogens is 436 g/mol. The first kappa shape index (κ1) is 23.6. The van der Waals surface area contributed by atoms with Crippen molar-refractivity contribution in [2.75, 3.05) is 6.54 Å². The summed E-state index contributed by atoms with van der Waals surface area (Å²) >= 11 is 5.94. The lowest BCUT2D eigenvalue weighted by Gasteiger charge is -2.24. The molecule has 3 N–H and O–H groups in total. The minimum atomic E-state index is -3.81. The maximum absolute atomic E-state index is 13.6. The van der Waals surface area contributed by atoms with E-state index >= 15 is 0 Å². The standard InChI is InChI=1S/C23H29ClN2O4S/c1-5-15-6-8-16(9-7-15)19-20(31(28,29)18-12-10-17(24)11-13-18)23(19,14-25)26-21(27)30-22(2,3)4/h6-13,19-20H,5,14,25H2,1-4H3,(H,26,27)/t19-,20-,23-/m1/s1. The molecular formula is C23H29ClN2O4S. The van der Waals surface area contributed by atoms with Gasteiger partial charge in [-0.3, -0.25) is 0 Å². The Balaban J connectivity index is 2.03. The summed E-state index contributed by atoms with van der Waals surface area (Å²) in [6, 6.07) is 13.8. The smallest absolute Gasteiger partial charge is 0.408 e. The molecule has 3 rings (SSSR count). The summed E-state index contributed by atoms with van der Waals surface area (Å²) in [7, 11) is -3.81. The maximum atomic E-state index is 13.6. The van der Waals surface area contributed by atoms with E-state index in [-0.39, 0.29) is 11.4 Å². The van der Waals surface area contributed by atoms with Crippen LogP contribution in [0.4, 0.5) is 4.79 Å². The average molecular weight is 465 g/mol. The second kappa shape index (κ2) is 8.45. The molecule has 3 atom stereocenters. The Kier molecular flexibility index (Phi) is 6.42. The van der Waals surface area contributed by atoms with Crippen LogP contribution >= 0.6 is 11.6 Å².